The van der Waals surface area contributed by atoms with Crippen LogP contribution in [0.4, 0.5) is 9.59 Å². The highest BCUT2D eigenvalue weighted by Gasteiger charge is 2.27. The van der Waals surface area contributed by atoms with Crippen molar-refractivity contribution in [2.24, 2.45) is 11.8 Å². The van der Waals surface area contributed by atoms with E-state index in [2.05, 4.69) is 10.6 Å². The maximum absolute atomic E-state index is 11.6. The Balaban J connectivity index is 1.02. The Morgan fingerprint density at radius 2 is 1.00 bits per heavy atom. The average molecular weight is 519 g/mol. The number of imide groups is 2. The number of hydrogen-bond donors (Lipinski definition) is 2. The lowest BCUT2D eigenvalue weighted by Gasteiger charge is -2.28. The van der Waals surface area contributed by atoms with Gasteiger partial charge in [-0.25, -0.2) is 9.59 Å². The third-order valence-electron chi connectivity index (χ3n) is 6.58. The largest absolute Gasteiger partial charge is 0.493 e. The summed E-state index contributed by atoms with van der Waals surface area (Å²) in [6.07, 6.45) is 5.73. The molecule has 3 fully saturated rings. The maximum Gasteiger partial charge on any atom is 0.419 e. The zero-order valence-electron chi connectivity index (χ0n) is 20.4. The van der Waals surface area contributed by atoms with Crippen molar-refractivity contribution in [1.29, 1.82) is 0 Å². The average Bonchev–Trinajstić information content (AvgIpc) is 3.41. The number of alkyl carbamates (subject to hydrolysis) is 2. The molecule has 5 rings (SSSR count). The van der Waals surface area contributed by atoms with Gasteiger partial charge in [-0.2, -0.15) is 0 Å². The molecule has 10 heteroatoms. The van der Waals surface area contributed by atoms with Crippen LogP contribution in [0.3, 0.4) is 0 Å². The van der Waals surface area contributed by atoms with Crippen LogP contribution in [0.1, 0.15) is 36.8 Å². The highest BCUT2D eigenvalue weighted by molar-refractivity contribution is 6.10. The number of nitrogens with one attached hydrogen (secondary N) is 2. The first-order valence-corrected chi connectivity index (χ1v) is 12.4. The van der Waals surface area contributed by atoms with Crippen LogP contribution in [0.5, 0.6) is 11.5 Å². The predicted molar refractivity (Wildman–Crippen MR) is 135 cm³/mol. The molecule has 196 valence electrons. The van der Waals surface area contributed by atoms with Crippen molar-refractivity contribution in [2.75, 3.05) is 13.2 Å². The van der Waals surface area contributed by atoms with Gasteiger partial charge in [-0.3, -0.25) is 20.2 Å². The molecule has 2 aromatic rings. The van der Waals surface area contributed by atoms with Gasteiger partial charge in [0.2, 0.25) is 0 Å². The summed E-state index contributed by atoms with van der Waals surface area (Å²) in [5.74, 6) is 1.30. The second-order valence-electron chi connectivity index (χ2n) is 9.35. The van der Waals surface area contributed by atoms with E-state index >= 15 is 0 Å². The summed E-state index contributed by atoms with van der Waals surface area (Å²) < 4.78 is 21.6. The molecule has 0 unspecified atom stereocenters. The fourth-order valence-electron chi connectivity index (χ4n) is 4.46. The van der Waals surface area contributed by atoms with Crippen LogP contribution >= 0.6 is 0 Å². The smallest absolute Gasteiger partial charge is 0.419 e. The summed E-state index contributed by atoms with van der Waals surface area (Å²) in [5.41, 5.74) is 1.46. The van der Waals surface area contributed by atoms with Crippen molar-refractivity contribution in [2.45, 2.75) is 25.7 Å². The normalized spacial score (nSPS) is 23.2. The molecule has 0 aromatic heterocycles. The van der Waals surface area contributed by atoms with Crippen molar-refractivity contribution in [3.8, 4) is 11.5 Å². The lowest BCUT2D eigenvalue weighted by Crippen LogP contribution is -2.23. The van der Waals surface area contributed by atoms with E-state index in [1.54, 1.807) is 24.3 Å². The number of carbonyl (C=O) groups is 4. The molecular weight excluding hydrogens is 492 g/mol. The van der Waals surface area contributed by atoms with Crippen LogP contribution in [-0.2, 0) is 19.1 Å². The molecule has 10 nitrogen and oxygen atoms in total. The molecule has 4 amide bonds. The van der Waals surface area contributed by atoms with E-state index in [1.165, 1.54) is 12.2 Å². The molecule has 2 N–H and O–H groups in total. The van der Waals surface area contributed by atoms with Gasteiger partial charge in [0.05, 0.1) is 13.2 Å². The lowest BCUT2D eigenvalue weighted by molar-refractivity contribution is -0.117. The van der Waals surface area contributed by atoms with Crippen molar-refractivity contribution in [3.63, 3.8) is 0 Å². The first kappa shape index (κ1) is 25.1. The molecule has 38 heavy (non-hydrogen) atoms. The molecule has 2 saturated heterocycles. The molecular formula is C28H26N2O8. The van der Waals surface area contributed by atoms with E-state index in [-0.39, 0.29) is 11.5 Å². The minimum Gasteiger partial charge on any atom is -0.493 e. The van der Waals surface area contributed by atoms with E-state index in [0.29, 0.717) is 25.0 Å². The van der Waals surface area contributed by atoms with E-state index in [4.69, 9.17) is 18.9 Å². The first-order chi connectivity index (χ1) is 18.4. The second kappa shape index (κ2) is 11.2. The zero-order valence-corrected chi connectivity index (χ0v) is 20.4. The zero-order chi connectivity index (χ0) is 26.5. The number of ether oxygens (including phenoxy) is 4. The third-order valence-corrected chi connectivity index (χ3v) is 6.58. The number of carbonyl (C=O) groups excluding carboxylic acids is 4. The molecule has 2 aromatic carbocycles. The Bertz CT molecular complexity index is 1190. The number of cyclic esters (lactones) is 2. The van der Waals surface area contributed by atoms with E-state index < -0.39 is 24.0 Å². The summed E-state index contributed by atoms with van der Waals surface area (Å²) in [6.45, 7) is 1.27. The number of hydrogen-bond acceptors (Lipinski definition) is 8. The van der Waals surface area contributed by atoms with Crippen LogP contribution in [-0.4, -0.2) is 37.2 Å². The van der Waals surface area contributed by atoms with Gasteiger partial charge >= 0.3 is 12.2 Å². The lowest BCUT2D eigenvalue weighted by atomic mass is 9.83. The van der Waals surface area contributed by atoms with Crippen LogP contribution in [0.15, 0.2) is 60.0 Å². The fraction of sp³-hybridized carbons (Fsp3) is 0.286. The fourth-order valence-corrected chi connectivity index (χ4v) is 4.46. The van der Waals surface area contributed by atoms with Gasteiger partial charge in [0.25, 0.3) is 11.8 Å². The van der Waals surface area contributed by atoms with Crippen molar-refractivity contribution in [1.82, 2.24) is 10.6 Å². The van der Waals surface area contributed by atoms with Gasteiger partial charge in [0, 0.05) is 0 Å². The molecule has 0 spiro atoms. The summed E-state index contributed by atoms with van der Waals surface area (Å²) in [7, 11) is 0. The summed E-state index contributed by atoms with van der Waals surface area (Å²) in [6, 6.07) is 14.5. The maximum atomic E-state index is 11.6. The van der Waals surface area contributed by atoms with Gasteiger partial charge in [-0.1, -0.05) is 24.3 Å². The Morgan fingerprint density at radius 3 is 1.32 bits per heavy atom. The van der Waals surface area contributed by atoms with Crippen molar-refractivity contribution in [3.05, 3.63) is 71.2 Å². The van der Waals surface area contributed by atoms with E-state index in [9.17, 15) is 19.2 Å². The van der Waals surface area contributed by atoms with E-state index in [1.807, 2.05) is 24.3 Å². The SMILES string of the molecule is O=C1NC(=O)C(=Cc2ccc(OC[C@H]3CC[C@H](COc4ccc(C=C5OC(=O)NC5=O)cc4)CC3)cc2)O1. The minimum absolute atomic E-state index is 0.0253. The Labute approximate surface area is 218 Å². The van der Waals surface area contributed by atoms with Crippen LogP contribution in [0, 0.1) is 11.8 Å². The quantitative estimate of drug-likeness (QED) is 0.499. The topological polar surface area (TPSA) is 129 Å². The standard InChI is InChI=1S/C28H26N2O8/c31-25-23(37-27(33)29-25)13-17-5-9-21(10-6-17)35-15-19-1-2-20(4-3-19)16-36-22-11-7-18(8-12-22)14-24-26(32)30-28(34)38-24/h5-14,19-20H,1-4,15-16H2,(H,29,31,33)(H,30,32,34)/t19-,20-. The molecule has 0 atom stereocenters. The molecule has 0 radical (unpaired) electrons. The molecule has 3 aliphatic rings. The van der Waals surface area contributed by atoms with Crippen molar-refractivity contribution >= 4 is 36.2 Å². The number of amides is 4. The highest BCUT2D eigenvalue weighted by atomic mass is 16.6. The molecule has 2 aliphatic heterocycles. The minimum atomic E-state index is -0.766. The Morgan fingerprint density at radius 1 is 0.632 bits per heavy atom. The molecule has 0 bridgehead atoms. The summed E-state index contributed by atoms with van der Waals surface area (Å²) in [4.78, 5) is 45.3. The Kier molecular flexibility index (Phi) is 7.39. The van der Waals surface area contributed by atoms with Gasteiger partial charge in [-0.15, -0.1) is 0 Å². The first-order valence-electron chi connectivity index (χ1n) is 12.4. The third kappa shape index (κ3) is 6.39. The highest BCUT2D eigenvalue weighted by Crippen LogP contribution is 2.30. The number of rotatable bonds is 8. The molecule has 2 heterocycles. The Hall–Kier alpha value is -4.60. The van der Waals surface area contributed by atoms with Gasteiger partial charge in [0.1, 0.15) is 11.5 Å². The predicted octanol–water partition coefficient (Wildman–Crippen LogP) is 4.17. The van der Waals surface area contributed by atoms with Crippen molar-refractivity contribution < 1.29 is 38.1 Å². The summed E-state index contributed by atoms with van der Waals surface area (Å²) in [5, 5.41) is 4.13. The van der Waals surface area contributed by atoms with Gasteiger partial charge < -0.3 is 18.9 Å². The van der Waals surface area contributed by atoms with Crippen LogP contribution in [0.25, 0.3) is 12.2 Å². The van der Waals surface area contributed by atoms with Crippen LogP contribution in [0.2, 0.25) is 0 Å². The van der Waals surface area contributed by atoms with Gasteiger partial charge in [0.15, 0.2) is 11.5 Å². The molecule has 1 saturated carbocycles. The number of benzene rings is 2. The summed E-state index contributed by atoms with van der Waals surface area (Å²) >= 11 is 0. The second-order valence-corrected chi connectivity index (χ2v) is 9.35. The molecule has 1 aliphatic carbocycles. The van der Waals surface area contributed by atoms with Crippen LogP contribution < -0.4 is 20.1 Å². The monoisotopic (exact) mass is 518 g/mol. The van der Waals surface area contributed by atoms with E-state index in [0.717, 1.165) is 48.3 Å². The van der Waals surface area contributed by atoms with Gasteiger partial charge in [-0.05, 0) is 85.1 Å².